The molecule has 36 heavy (non-hydrogen) atoms. The number of benzene rings is 2. The summed E-state index contributed by atoms with van der Waals surface area (Å²) >= 11 is 0. The maximum absolute atomic E-state index is 13.7. The molecule has 182 valence electrons. The third kappa shape index (κ3) is 4.89. The van der Waals surface area contributed by atoms with Crippen LogP contribution in [0.4, 0.5) is 4.39 Å². The highest BCUT2D eigenvalue weighted by Gasteiger charge is 2.17. The molecule has 1 amide bonds. The minimum Gasteiger partial charge on any atom is -0.443 e. The van der Waals surface area contributed by atoms with E-state index < -0.39 is 9.84 Å². The molecule has 0 fully saturated rings. The Morgan fingerprint density at radius 1 is 1.03 bits per heavy atom. The smallest absolute Gasteiger partial charge is 0.243 e. The zero-order valence-electron chi connectivity index (χ0n) is 19.2. The quantitative estimate of drug-likeness (QED) is 0.356. The standard InChI is InChI=1S/C26H21FN4O4S/c1-36(33,34)22-7-3-17(4-8-22)18-2-6-21(29-14-18)15-30-25(32)16-31-23-9-5-20(27)12-19(23)13-24(31)26-28-10-11-35-26/h2-14H,15-16H2,1H3,(H,30,32). The zero-order valence-corrected chi connectivity index (χ0v) is 20.0. The van der Waals surface area contributed by atoms with Crippen LogP contribution in [-0.2, 0) is 27.7 Å². The van der Waals surface area contributed by atoms with Gasteiger partial charge in [-0.3, -0.25) is 9.78 Å². The van der Waals surface area contributed by atoms with E-state index in [2.05, 4.69) is 15.3 Å². The van der Waals surface area contributed by atoms with Crippen molar-refractivity contribution in [2.24, 2.45) is 0 Å². The summed E-state index contributed by atoms with van der Waals surface area (Å²) in [6.07, 6.45) is 5.78. The molecule has 3 heterocycles. The first-order chi connectivity index (χ1) is 17.3. The molecule has 8 nitrogen and oxygen atoms in total. The molecular formula is C26H21FN4O4S. The average molecular weight is 505 g/mol. The Hall–Kier alpha value is -4.31. The number of pyridine rings is 1. The Morgan fingerprint density at radius 3 is 2.47 bits per heavy atom. The highest BCUT2D eigenvalue weighted by Crippen LogP contribution is 2.28. The number of fused-ring (bicyclic) bond motifs is 1. The molecule has 0 aliphatic heterocycles. The second-order valence-corrected chi connectivity index (χ2v) is 10.3. The van der Waals surface area contributed by atoms with Crippen molar-refractivity contribution in [3.05, 3.63) is 90.8 Å². The minimum absolute atomic E-state index is 0.0163. The van der Waals surface area contributed by atoms with Crippen LogP contribution >= 0.6 is 0 Å². The number of carbonyl (C=O) groups is 1. The Kier molecular flexibility index (Phi) is 6.11. The normalized spacial score (nSPS) is 11.6. The van der Waals surface area contributed by atoms with Crippen molar-refractivity contribution >= 4 is 26.6 Å². The summed E-state index contributed by atoms with van der Waals surface area (Å²) in [5, 5.41) is 3.49. The Bertz CT molecular complexity index is 1640. The monoisotopic (exact) mass is 504 g/mol. The van der Waals surface area contributed by atoms with Gasteiger partial charge in [-0.2, -0.15) is 0 Å². The van der Waals surface area contributed by atoms with E-state index in [1.165, 1.54) is 30.8 Å². The van der Waals surface area contributed by atoms with Crippen LogP contribution in [0.2, 0.25) is 0 Å². The number of nitrogens with zero attached hydrogens (tertiary/aromatic N) is 3. The fourth-order valence-corrected chi connectivity index (χ4v) is 4.55. The van der Waals surface area contributed by atoms with Gasteiger partial charge in [-0.15, -0.1) is 0 Å². The third-order valence-electron chi connectivity index (χ3n) is 5.72. The number of aromatic nitrogens is 3. The number of amides is 1. The van der Waals surface area contributed by atoms with E-state index in [1.807, 2.05) is 6.07 Å². The first kappa shape index (κ1) is 23.4. The molecule has 0 bridgehead atoms. The summed E-state index contributed by atoms with van der Waals surface area (Å²) in [5.74, 6) is -0.294. The van der Waals surface area contributed by atoms with Crippen LogP contribution in [0.1, 0.15) is 5.69 Å². The molecule has 5 rings (SSSR count). The van der Waals surface area contributed by atoms with Crippen LogP contribution < -0.4 is 5.32 Å². The van der Waals surface area contributed by atoms with Crippen LogP contribution in [0.5, 0.6) is 0 Å². The molecule has 2 aromatic carbocycles. The molecule has 0 unspecified atom stereocenters. The lowest BCUT2D eigenvalue weighted by Crippen LogP contribution is -2.27. The van der Waals surface area contributed by atoms with Gasteiger partial charge in [0.05, 0.1) is 23.3 Å². The number of sulfone groups is 1. The van der Waals surface area contributed by atoms with Crippen LogP contribution in [0.3, 0.4) is 0 Å². The molecule has 0 aliphatic rings. The predicted octanol–water partition coefficient (Wildman–Crippen LogP) is 4.22. The number of carbonyl (C=O) groups excluding carboxylic acids is 1. The van der Waals surface area contributed by atoms with E-state index in [0.29, 0.717) is 28.2 Å². The minimum atomic E-state index is -3.26. The molecule has 0 saturated heterocycles. The first-order valence-corrected chi connectivity index (χ1v) is 12.9. The van der Waals surface area contributed by atoms with Gasteiger partial charge >= 0.3 is 0 Å². The molecule has 0 atom stereocenters. The van der Waals surface area contributed by atoms with Gasteiger partial charge in [0.1, 0.15) is 24.3 Å². The van der Waals surface area contributed by atoms with E-state index in [-0.39, 0.29) is 29.7 Å². The molecule has 10 heteroatoms. The van der Waals surface area contributed by atoms with Gasteiger partial charge in [-0.1, -0.05) is 18.2 Å². The summed E-state index contributed by atoms with van der Waals surface area (Å²) in [4.78, 5) is 21.6. The van der Waals surface area contributed by atoms with Crippen molar-refractivity contribution in [2.75, 3.05) is 6.26 Å². The van der Waals surface area contributed by atoms with E-state index in [4.69, 9.17) is 4.42 Å². The number of hydrogen-bond donors (Lipinski definition) is 1. The fourth-order valence-electron chi connectivity index (χ4n) is 3.92. The molecule has 0 saturated carbocycles. The number of hydrogen-bond acceptors (Lipinski definition) is 6. The maximum atomic E-state index is 13.7. The molecule has 3 aromatic heterocycles. The van der Waals surface area contributed by atoms with Crippen LogP contribution in [0, 0.1) is 5.82 Å². The second-order valence-electron chi connectivity index (χ2n) is 8.27. The topological polar surface area (TPSA) is 107 Å². The summed E-state index contributed by atoms with van der Waals surface area (Å²) in [7, 11) is -3.26. The van der Waals surface area contributed by atoms with E-state index in [9.17, 15) is 17.6 Å². The van der Waals surface area contributed by atoms with Gasteiger partial charge in [-0.25, -0.2) is 17.8 Å². The molecular weight excluding hydrogens is 483 g/mol. The number of halogens is 1. The predicted molar refractivity (Wildman–Crippen MR) is 132 cm³/mol. The van der Waals surface area contributed by atoms with Crippen LogP contribution in [-0.4, -0.2) is 35.1 Å². The Morgan fingerprint density at radius 2 is 1.81 bits per heavy atom. The van der Waals surface area contributed by atoms with E-state index in [0.717, 1.165) is 11.1 Å². The highest BCUT2D eigenvalue weighted by atomic mass is 32.2. The zero-order chi connectivity index (χ0) is 25.3. The van der Waals surface area contributed by atoms with E-state index in [1.54, 1.807) is 53.2 Å². The van der Waals surface area contributed by atoms with Gasteiger partial charge in [-0.05, 0) is 48.0 Å². The number of rotatable bonds is 7. The van der Waals surface area contributed by atoms with Crippen molar-refractivity contribution in [3.63, 3.8) is 0 Å². The van der Waals surface area contributed by atoms with Gasteiger partial charge in [0, 0.05) is 28.9 Å². The largest absolute Gasteiger partial charge is 0.443 e. The molecule has 5 aromatic rings. The van der Waals surface area contributed by atoms with Crippen molar-refractivity contribution in [3.8, 4) is 22.7 Å². The van der Waals surface area contributed by atoms with Crippen molar-refractivity contribution in [1.82, 2.24) is 19.9 Å². The first-order valence-electron chi connectivity index (χ1n) is 11.0. The third-order valence-corrected chi connectivity index (χ3v) is 6.85. The summed E-state index contributed by atoms with van der Waals surface area (Å²) in [6, 6.07) is 16.3. The second kappa shape index (κ2) is 9.38. The lowest BCUT2D eigenvalue weighted by Gasteiger charge is -2.10. The lowest BCUT2D eigenvalue weighted by molar-refractivity contribution is -0.121. The summed E-state index contributed by atoms with van der Waals surface area (Å²) < 4.78 is 44.1. The Balaban J connectivity index is 1.28. The van der Waals surface area contributed by atoms with E-state index >= 15 is 0 Å². The highest BCUT2D eigenvalue weighted by molar-refractivity contribution is 7.90. The van der Waals surface area contributed by atoms with Gasteiger partial charge in [0.15, 0.2) is 9.84 Å². The summed E-state index contributed by atoms with van der Waals surface area (Å²) in [5.41, 5.74) is 3.57. The Labute approximate surface area is 206 Å². The van der Waals surface area contributed by atoms with Crippen molar-refractivity contribution in [1.29, 1.82) is 0 Å². The van der Waals surface area contributed by atoms with Gasteiger partial charge < -0.3 is 14.3 Å². The van der Waals surface area contributed by atoms with Crippen molar-refractivity contribution in [2.45, 2.75) is 18.0 Å². The number of oxazole rings is 1. The molecule has 1 N–H and O–H groups in total. The van der Waals surface area contributed by atoms with Crippen LogP contribution in [0.15, 0.2) is 88.6 Å². The maximum Gasteiger partial charge on any atom is 0.243 e. The SMILES string of the molecule is CS(=O)(=O)c1ccc(-c2ccc(CNC(=O)Cn3c(-c4ncco4)cc4cc(F)ccc43)nc2)cc1. The van der Waals surface area contributed by atoms with Gasteiger partial charge in [0.25, 0.3) is 0 Å². The van der Waals surface area contributed by atoms with Crippen molar-refractivity contribution < 1.29 is 22.0 Å². The fraction of sp³-hybridized carbons (Fsp3) is 0.115. The molecule has 0 radical (unpaired) electrons. The molecule has 0 aliphatic carbocycles. The summed E-state index contributed by atoms with van der Waals surface area (Å²) in [6.45, 7) is 0.200. The average Bonchev–Trinajstić information content (AvgIpc) is 3.51. The molecule has 0 spiro atoms. The lowest BCUT2D eigenvalue weighted by atomic mass is 10.1. The van der Waals surface area contributed by atoms with Crippen LogP contribution in [0.25, 0.3) is 33.6 Å². The van der Waals surface area contributed by atoms with Gasteiger partial charge in [0.2, 0.25) is 11.8 Å². The number of nitrogens with one attached hydrogen (secondary N) is 1.